The van der Waals surface area contributed by atoms with Gasteiger partial charge in [-0.15, -0.1) is 0 Å². The van der Waals surface area contributed by atoms with Crippen molar-refractivity contribution < 1.29 is 14.6 Å². The predicted octanol–water partition coefficient (Wildman–Crippen LogP) is 1.72. The standard InChI is InChI=1S/C14H21NO3/c1-14(2,7-8-16)15-13(17)12-6-4-5-11(9-12)10-18-3/h4-6,9,16H,7-8,10H2,1-3H3,(H,15,17). The van der Waals surface area contributed by atoms with Crippen LogP contribution >= 0.6 is 0 Å². The summed E-state index contributed by atoms with van der Waals surface area (Å²) in [6.07, 6.45) is 0.524. The summed E-state index contributed by atoms with van der Waals surface area (Å²) in [7, 11) is 1.62. The number of amides is 1. The van der Waals surface area contributed by atoms with Crippen molar-refractivity contribution in [1.82, 2.24) is 5.32 Å². The molecule has 0 bridgehead atoms. The highest BCUT2D eigenvalue weighted by molar-refractivity contribution is 5.94. The Morgan fingerprint density at radius 1 is 1.44 bits per heavy atom. The minimum Gasteiger partial charge on any atom is -0.396 e. The van der Waals surface area contributed by atoms with E-state index in [1.54, 1.807) is 13.2 Å². The van der Waals surface area contributed by atoms with Crippen molar-refractivity contribution in [2.24, 2.45) is 0 Å². The van der Waals surface area contributed by atoms with Gasteiger partial charge >= 0.3 is 0 Å². The van der Waals surface area contributed by atoms with E-state index in [0.29, 0.717) is 18.6 Å². The van der Waals surface area contributed by atoms with Gasteiger partial charge in [0.25, 0.3) is 5.91 Å². The molecule has 4 heteroatoms. The van der Waals surface area contributed by atoms with E-state index >= 15 is 0 Å². The van der Waals surface area contributed by atoms with Gasteiger partial charge in [-0.25, -0.2) is 0 Å². The van der Waals surface area contributed by atoms with Crippen LogP contribution in [0, 0.1) is 0 Å². The minimum atomic E-state index is -0.414. The van der Waals surface area contributed by atoms with Crippen molar-refractivity contribution >= 4 is 5.91 Å². The Labute approximate surface area is 108 Å². The van der Waals surface area contributed by atoms with Gasteiger partial charge in [-0.1, -0.05) is 12.1 Å². The molecule has 4 nitrogen and oxygen atoms in total. The molecule has 100 valence electrons. The topological polar surface area (TPSA) is 58.6 Å². The van der Waals surface area contributed by atoms with E-state index in [9.17, 15) is 4.79 Å². The largest absolute Gasteiger partial charge is 0.396 e. The zero-order chi connectivity index (χ0) is 13.6. The number of nitrogens with one attached hydrogen (secondary N) is 1. The van der Waals surface area contributed by atoms with E-state index in [-0.39, 0.29) is 12.5 Å². The van der Waals surface area contributed by atoms with Gasteiger partial charge in [0.2, 0.25) is 0 Å². The molecular weight excluding hydrogens is 230 g/mol. The summed E-state index contributed by atoms with van der Waals surface area (Å²) in [5.41, 5.74) is 1.16. The normalized spacial score (nSPS) is 11.3. The lowest BCUT2D eigenvalue weighted by atomic mass is 10.0. The molecule has 0 fully saturated rings. The monoisotopic (exact) mass is 251 g/mol. The Morgan fingerprint density at radius 2 is 2.17 bits per heavy atom. The molecule has 18 heavy (non-hydrogen) atoms. The third-order valence-electron chi connectivity index (χ3n) is 2.69. The maximum absolute atomic E-state index is 12.1. The lowest BCUT2D eigenvalue weighted by Crippen LogP contribution is -2.44. The fourth-order valence-corrected chi connectivity index (χ4v) is 1.69. The number of hydrogen-bond donors (Lipinski definition) is 2. The van der Waals surface area contributed by atoms with Gasteiger partial charge in [0.1, 0.15) is 0 Å². The quantitative estimate of drug-likeness (QED) is 0.809. The summed E-state index contributed by atoms with van der Waals surface area (Å²) >= 11 is 0. The second-order valence-electron chi connectivity index (χ2n) is 4.95. The van der Waals surface area contributed by atoms with Crippen molar-refractivity contribution in [1.29, 1.82) is 0 Å². The highest BCUT2D eigenvalue weighted by Crippen LogP contribution is 2.11. The summed E-state index contributed by atoms with van der Waals surface area (Å²) in [6, 6.07) is 7.33. The van der Waals surface area contributed by atoms with Crippen LogP contribution in [0.5, 0.6) is 0 Å². The number of rotatable bonds is 6. The first kappa shape index (κ1) is 14.7. The van der Waals surface area contributed by atoms with Gasteiger partial charge in [0.15, 0.2) is 0 Å². The Kier molecular flexibility index (Phi) is 5.31. The van der Waals surface area contributed by atoms with Gasteiger partial charge in [-0.2, -0.15) is 0 Å². The minimum absolute atomic E-state index is 0.0526. The zero-order valence-electron chi connectivity index (χ0n) is 11.2. The molecule has 2 N–H and O–H groups in total. The van der Waals surface area contributed by atoms with Crippen molar-refractivity contribution in [2.45, 2.75) is 32.4 Å². The molecule has 1 aromatic carbocycles. The molecule has 0 aliphatic carbocycles. The van der Waals surface area contributed by atoms with E-state index in [0.717, 1.165) is 5.56 Å². The maximum atomic E-state index is 12.1. The van der Waals surface area contributed by atoms with Gasteiger partial charge in [0.05, 0.1) is 6.61 Å². The number of carbonyl (C=O) groups excluding carboxylic acids is 1. The number of ether oxygens (including phenoxy) is 1. The fourth-order valence-electron chi connectivity index (χ4n) is 1.69. The Bertz CT molecular complexity index is 402. The molecule has 0 spiro atoms. The Hall–Kier alpha value is -1.39. The molecule has 0 unspecified atom stereocenters. The van der Waals surface area contributed by atoms with Crippen LogP contribution in [-0.4, -0.2) is 30.3 Å². The van der Waals surface area contributed by atoms with E-state index in [4.69, 9.17) is 9.84 Å². The van der Waals surface area contributed by atoms with Crippen molar-refractivity contribution in [2.75, 3.05) is 13.7 Å². The molecule has 0 saturated carbocycles. The first-order chi connectivity index (χ1) is 8.48. The van der Waals surface area contributed by atoms with Gasteiger partial charge in [-0.05, 0) is 38.0 Å². The van der Waals surface area contributed by atoms with Gasteiger partial charge < -0.3 is 15.2 Å². The molecule has 1 amide bonds. The number of benzene rings is 1. The average molecular weight is 251 g/mol. The van der Waals surface area contributed by atoms with Crippen molar-refractivity contribution in [3.63, 3.8) is 0 Å². The van der Waals surface area contributed by atoms with Gasteiger partial charge in [-0.3, -0.25) is 4.79 Å². The third kappa shape index (κ3) is 4.47. The van der Waals surface area contributed by atoms with Crippen LogP contribution in [0.15, 0.2) is 24.3 Å². The van der Waals surface area contributed by atoms with Crippen LogP contribution in [0.4, 0.5) is 0 Å². The van der Waals surface area contributed by atoms with E-state index < -0.39 is 5.54 Å². The van der Waals surface area contributed by atoms with Crippen LogP contribution in [-0.2, 0) is 11.3 Å². The van der Waals surface area contributed by atoms with Gasteiger partial charge in [0, 0.05) is 24.8 Å². The Balaban J connectivity index is 2.75. The number of aliphatic hydroxyl groups is 1. The molecule has 1 aromatic rings. The van der Waals surface area contributed by atoms with E-state index in [1.807, 2.05) is 32.0 Å². The molecule has 0 aliphatic rings. The molecule has 1 rings (SSSR count). The van der Waals surface area contributed by atoms with Crippen molar-refractivity contribution in [3.05, 3.63) is 35.4 Å². The Morgan fingerprint density at radius 3 is 2.78 bits per heavy atom. The molecule has 0 saturated heterocycles. The third-order valence-corrected chi connectivity index (χ3v) is 2.69. The predicted molar refractivity (Wildman–Crippen MR) is 70.4 cm³/mol. The number of carbonyl (C=O) groups is 1. The number of hydrogen-bond acceptors (Lipinski definition) is 3. The lowest BCUT2D eigenvalue weighted by Gasteiger charge is -2.25. The summed E-state index contributed by atoms with van der Waals surface area (Å²) in [6.45, 7) is 4.32. The summed E-state index contributed by atoms with van der Waals surface area (Å²) in [5.74, 6) is -0.133. The molecule has 0 aliphatic heterocycles. The number of aliphatic hydroxyl groups excluding tert-OH is 1. The van der Waals surface area contributed by atoms with Crippen LogP contribution in [0.1, 0.15) is 36.2 Å². The molecule has 0 heterocycles. The molecular formula is C14H21NO3. The lowest BCUT2D eigenvalue weighted by molar-refractivity contribution is 0.0899. The first-order valence-corrected chi connectivity index (χ1v) is 6.00. The summed E-state index contributed by atoms with van der Waals surface area (Å²) in [4.78, 5) is 12.1. The second-order valence-corrected chi connectivity index (χ2v) is 4.95. The SMILES string of the molecule is COCc1cccc(C(=O)NC(C)(C)CCO)c1. The number of methoxy groups -OCH3 is 1. The smallest absolute Gasteiger partial charge is 0.251 e. The first-order valence-electron chi connectivity index (χ1n) is 6.00. The van der Waals surface area contributed by atoms with Crippen LogP contribution < -0.4 is 5.32 Å². The highest BCUT2D eigenvalue weighted by Gasteiger charge is 2.20. The maximum Gasteiger partial charge on any atom is 0.251 e. The molecule has 0 atom stereocenters. The van der Waals surface area contributed by atoms with E-state index in [1.165, 1.54) is 0 Å². The molecule has 0 radical (unpaired) electrons. The van der Waals surface area contributed by atoms with Crippen molar-refractivity contribution in [3.8, 4) is 0 Å². The molecule has 0 aromatic heterocycles. The fraction of sp³-hybridized carbons (Fsp3) is 0.500. The van der Waals surface area contributed by atoms with E-state index in [2.05, 4.69) is 5.32 Å². The van der Waals surface area contributed by atoms with Crippen LogP contribution in [0.3, 0.4) is 0 Å². The average Bonchev–Trinajstić information content (AvgIpc) is 2.29. The summed E-state index contributed by atoms with van der Waals surface area (Å²) < 4.78 is 5.04. The second kappa shape index (κ2) is 6.52. The summed E-state index contributed by atoms with van der Waals surface area (Å²) in [5, 5.41) is 11.8. The zero-order valence-corrected chi connectivity index (χ0v) is 11.2. The highest BCUT2D eigenvalue weighted by atomic mass is 16.5. The van der Waals surface area contributed by atoms with Crippen LogP contribution in [0.25, 0.3) is 0 Å². The van der Waals surface area contributed by atoms with Crippen LogP contribution in [0.2, 0.25) is 0 Å².